The molecule has 2 nitrogen and oxygen atoms in total. The Balaban J connectivity index is 2.11. The maximum absolute atomic E-state index is 5.65. The van der Waals surface area contributed by atoms with Gasteiger partial charge >= 0.3 is 0 Å². The second-order valence-electron chi connectivity index (χ2n) is 3.87. The zero-order valence-corrected chi connectivity index (χ0v) is 9.40. The Hall–Kier alpha value is -1.96. The van der Waals surface area contributed by atoms with Crippen LogP contribution in [0.4, 0.5) is 11.4 Å². The van der Waals surface area contributed by atoms with E-state index in [0.717, 1.165) is 17.8 Å². The van der Waals surface area contributed by atoms with E-state index in [4.69, 9.17) is 5.73 Å². The van der Waals surface area contributed by atoms with E-state index in [0.29, 0.717) is 0 Å². The van der Waals surface area contributed by atoms with Crippen molar-refractivity contribution in [2.24, 2.45) is 0 Å². The van der Waals surface area contributed by atoms with Crippen molar-refractivity contribution in [2.75, 3.05) is 18.1 Å². The van der Waals surface area contributed by atoms with E-state index in [1.807, 2.05) is 19.2 Å². The molecular formula is C14H16N2. The normalized spacial score (nSPS) is 10.1. The lowest BCUT2D eigenvalue weighted by Gasteiger charge is -2.04. The summed E-state index contributed by atoms with van der Waals surface area (Å²) in [6.45, 7) is 0. The molecule has 0 aliphatic heterocycles. The Morgan fingerprint density at radius 2 is 1.38 bits per heavy atom. The number of anilines is 2. The fourth-order valence-electron chi connectivity index (χ4n) is 1.66. The molecule has 2 heteroatoms. The number of rotatable bonds is 3. The summed E-state index contributed by atoms with van der Waals surface area (Å²) in [6.07, 6.45) is 0.949. The van der Waals surface area contributed by atoms with Crippen LogP contribution >= 0.6 is 0 Å². The van der Waals surface area contributed by atoms with Gasteiger partial charge in [-0.25, -0.2) is 0 Å². The summed E-state index contributed by atoms with van der Waals surface area (Å²) >= 11 is 0. The number of hydrogen-bond acceptors (Lipinski definition) is 2. The van der Waals surface area contributed by atoms with Crippen molar-refractivity contribution < 1.29 is 0 Å². The molecule has 3 N–H and O–H groups in total. The lowest BCUT2D eigenvalue weighted by Crippen LogP contribution is -1.91. The summed E-state index contributed by atoms with van der Waals surface area (Å²) < 4.78 is 0. The molecule has 0 unspecified atom stereocenters. The van der Waals surface area contributed by atoms with E-state index >= 15 is 0 Å². The van der Waals surface area contributed by atoms with Gasteiger partial charge in [0.25, 0.3) is 0 Å². The van der Waals surface area contributed by atoms with Crippen LogP contribution in [0.3, 0.4) is 0 Å². The molecule has 0 aliphatic carbocycles. The first-order chi connectivity index (χ1) is 7.78. The standard InChI is InChI=1S/C14H16N2/c1-16-14-8-4-12(5-9-14)10-11-2-6-13(15)7-3-11/h2-9,16H,10,15H2,1H3. The van der Waals surface area contributed by atoms with Gasteiger partial charge in [-0.1, -0.05) is 24.3 Å². The van der Waals surface area contributed by atoms with E-state index in [9.17, 15) is 0 Å². The molecule has 2 rings (SSSR count). The summed E-state index contributed by atoms with van der Waals surface area (Å²) in [6, 6.07) is 16.5. The average Bonchev–Trinajstić information content (AvgIpc) is 2.33. The van der Waals surface area contributed by atoms with Gasteiger partial charge in [0.2, 0.25) is 0 Å². The van der Waals surface area contributed by atoms with Crippen LogP contribution in [-0.2, 0) is 6.42 Å². The second kappa shape index (κ2) is 4.71. The highest BCUT2D eigenvalue weighted by Gasteiger charge is 1.96. The highest BCUT2D eigenvalue weighted by molar-refractivity contribution is 5.45. The molecule has 0 amide bonds. The van der Waals surface area contributed by atoms with Crippen molar-refractivity contribution in [2.45, 2.75) is 6.42 Å². The van der Waals surface area contributed by atoms with Gasteiger partial charge in [-0.05, 0) is 41.8 Å². The van der Waals surface area contributed by atoms with Gasteiger partial charge in [-0.2, -0.15) is 0 Å². The molecule has 82 valence electrons. The maximum atomic E-state index is 5.65. The van der Waals surface area contributed by atoms with Crippen molar-refractivity contribution >= 4 is 11.4 Å². The van der Waals surface area contributed by atoms with Gasteiger partial charge < -0.3 is 11.1 Å². The van der Waals surface area contributed by atoms with Gasteiger partial charge in [-0.15, -0.1) is 0 Å². The molecule has 0 bridgehead atoms. The number of hydrogen-bond donors (Lipinski definition) is 2. The monoisotopic (exact) mass is 212 g/mol. The highest BCUT2D eigenvalue weighted by atomic mass is 14.8. The highest BCUT2D eigenvalue weighted by Crippen LogP contribution is 2.14. The van der Waals surface area contributed by atoms with Crippen LogP contribution in [0, 0.1) is 0 Å². The number of nitrogen functional groups attached to an aromatic ring is 1. The zero-order valence-electron chi connectivity index (χ0n) is 9.40. The van der Waals surface area contributed by atoms with E-state index in [-0.39, 0.29) is 0 Å². The lowest BCUT2D eigenvalue weighted by atomic mass is 10.0. The largest absolute Gasteiger partial charge is 0.399 e. The third-order valence-electron chi connectivity index (χ3n) is 2.63. The van der Waals surface area contributed by atoms with Gasteiger partial charge in [0.05, 0.1) is 0 Å². The zero-order chi connectivity index (χ0) is 11.4. The van der Waals surface area contributed by atoms with Gasteiger partial charge in [0, 0.05) is 18.4 Å². The Kier molecular flexibility index (Phi) is 3.10. The fraction of sp³-hybridized carbons (Fsp3) is 0.143. The van der Waals surface area contributed by atoms with Crippen LogP contribution in [0.2, 0.25) is 0 Å². The molecule has 0 radical (unpaired) electrons. The van der Waals surface area contributed by atoms with Crippen LogP contribution in [0.5, 0.6) is 0 Å². The van der Waals surface area contributed by atoms with Gasteiger partial charge in [0.15, 0.2) is 0 Å². The quantitative estimate of drug-likeness (QED) is 0.768. The minimum atomic E-state index is 0.814. The number of nitrogens with two attached hydrogens (primary N) is 1. The summed E-state index contributed by atoms with van der Waals surface area (Å²) in [5.41, 5.74) is 10.2. The van der Waals surface area contributed by atoms with Crippen LogP contribution in [-0.4, -0.2) is 7.05 Å². The molecule has 2 aromatic rings. The molecule has 16 heavy (non-hydrogen) atoms. The number of nitrogens with one attached hydrogen (secondary N) is 1. The van der Waals surface area contributed by atoms with E-state index in [1.54, 1.807) is 0 Å². The van der Waals surface area contributed by atoms with Crippen molar-refractivity contribution in [3.63, 3.8) is 0 Å². The average molecular weight is 212 g/mol. The molecule has 0 aromatic heterocycles. The molecule has 0 atom stereocenters. The van der Waals surface area contributed by atoms with Crippen molar-refractivity contribution in [1.82, 2.24) is 0 Å². The SMILES string of the molecule is CNc1ccc(Cc2ccc(N)cc2)cc1. The van der Waals surface area contributed by atoms with Crippen LogP contribution in [0.15, 0.2) is 48.5 Å². The minimum absolute atomic E-state index is 0.814. The topological polar surface area (TPSA) is 38.0 Å². The minimum Gasteiger partial charge on any atom is -0.399 e. The smallest absolute Gasteiger partial charge is 0.0337 e. The molecule has 0 aliphatic rings. The molecule has 0 heterocycles. The molecule has 0 saturated heterocycles. The third kappa shape index (κ3) is 2.54. The summed E-state index contributed by atoms with van der Waals surface area (Å²) in [4.78, 5) is 0. The molecule has 0 saturated carbocycles. The van der Waals surface area contributed by atoms with Crippen molar-refractivity contribution in [3.8, 4) is 0 Å². The maximum Gasteiger partial charge on any atom is 0.0337 e. The predicted octanol–water partition coefficient (Wildman–Crippen LogP) is 2.90. The molecule has 0 spiro atoms. The van der Waals surface area contributed by atoms with Crippen LogP contribution in [0.1, 0.15) is 11.1 Å². The Morgan fingerprint density at radius 3 is 1.88 bits per heavy atom. The third-order valence-corrected chi connectivity index (χ3v) is 2.63. The summed E-state index contributed by atoms with van der Waals surface area (Å²) in [5.74, 6) is 0. The van der Waals surface area contributed by atoms with Gasteiger partial charge in [-0.3, -0.25) is 0 Å². The molecule has 2 aromatic carbocycles. The lowest BCUT2D eigenvalue weighted by molar-refractivity contribution is 1.19. The first-order valence-corrected chi connectivity index (χ1v) is 5.39. The predicted molar refractivity (Wildman–Crippen MR) is 69.6 cm³/mol. The molecule has 0 fully saturated rings. The van der Waals surface area contributed by atoms with Crippen LogP contribution < -0.4 is 11.1 Å². The van der Waals surface area contributed by atoms with Crippen LogP contribution in [0.25, 0.3) is 0 Å². The van der Waals surface area contributed by atoms with E-state index < -0.39 is 0 Å². The summed E-state index contributed by atoms with van der Waals surface area (Å²) in [5, 5.41) is 3.11. The first-order valence-electron chi connectivity index (χ1n) is 5.39. The van der Waals surface area contributed by atoms with Crippen molar-refractivity contribution in [1.29, 1.82) is 0 Å². The Labute approximate surface area is 96.1 Å². The Morgan fingerprint density at radius 1 is 0.875 bits per heavy atom. The fourth-order valence-corrected chi connectivity index (χ4v) is 1.66. The Bertz CT molecular complexity index is 443. The first kappa shape index (κ1) is 10.6. The molecular weight excluding hydrogens is 196 g/mol. The second-order valence-corrected chi connectivity index (χ2v) is 3.87. The van der Waals surface area contributed by atoms with Crippen molar-refractivity contribution in [3.05, 3.63) is 59.7 Å². The van der Waals surface area contributed by atoms with E-state index in [2.05, 4.69) is 41.7 Å². The number of benzene rings is 2. The van der Waals surface area contributed by atoms with E-state index in [1.165, 1.54) is 11.1 Å². The van der Waals surface area contributed by atoms with Gasteiger partial charge in [0.1, 0.15) is 0 Å². The summed E-state index contributed by atoms with van der Waals surface area (Å²) in [7, 11) is 1.93.